The normalized spacial score (nSPS) is 11.0. The summed E-state index contributed by atoms with van der Waals surface area (Å²) >= 11 is 1.35. The van der Waals surface area contributed by atoms with Crippen molar-refractivity contribution in [3.05, 3.63) is 69.9 Å². The predicted molar refractivity (Wildman–Crippen MR) is 102 cm³/mol. The molecule has 4 rings (SSSR count). The number of carbonyl (C=O) groups is 1. The molecule has 0 atom stereocenters. The van der Waals surface area contributed by atoms with Crippen LogP contribution < -0.4 is 5.56 Å². The van der Waals surface area contributed by atoms with Gasteiger partial charge < -0.3 is 9.26 Å². The molecule has 0 bridgehead atoms. The third kappa shape index (κ3) is 4.15. The molecule has 3 aromatic heterocycles. The fourth-order valence-corrected chi connectivity index (χ4v) is 3.37. The summed E-state index contributed by atoms with van der Waals surface area (Å²) in [4.78, 5) is 33.0. The van der Waals surface area contributed by atoms with Crippen LogP contribution in [0.1, 0.15) is 24.4 Å². The lowest BCUT2D eigenvalue weighted by Gasteiger charge is -2.04. The van der Waals surface area contributed by atoms with Gasteiger partial charge in [0.2, 0.25) is 11.7 Å². The highest BCUT2D eigenvalue weighted by Crippen LogP contribution is 2.15. The van der Waals surface area contributed by atoms with Gasteiger partial charge in [-0.3, -0.25) is 14.0 Å². The lowest BCUT2D eigenvalue weighted by molar-refractivity contribution is -0.145. The van der Waals surface area contributed by atoms with Crippen molar-refractivity contribution >= 4 is 22.3 Å². The number of ether oxygens (including phenoxy) is 1. The van der Waals surface area contributed by atoms with Gasteiger partial charge >= 0.3 is 5.97 Å². The Bertz CT molecular complexity index is 1150. The Hall–Kier alpha value is -3.33. The number of aromatic nitrogens is 4. The van der Waals surface area contributed by atoms with Gasteiger partial charge in [-0.15, -0.1) is 11.3 Å². The highest BCUT2D eigenvalue weighted by atomic mass is 32.1. The summed E-state index contributed by atoms with van der Waals surface area (Å²) < 4.78 is 11.9. The second-order valence-corrected chi connectivity index (χ2v) is 6.91. The summed E-state index contributed by atoms with van der Waals surface area (Å²) in [6.07, 6.45) is 2.88. The first-order valence-corrected chi connectivity index (χ1v) is 9.56. The van der Waals surface area contributed by atoms with E-state index in [-0.39, 0.29) is 24.6 Å². The van der Waals surface area contributed by atoms with Crippen molar-refractivity contribution in [3.63, 3.8) is 0 Å². The van der Waals surface area contributed by atoms with E-state index < -0.39 is 0 Å². The summed E-state index contributed by atoms with van der Waals surface area (Å²) in [6, 6.07) is 10.9. The number of nitrogens with zero attached hydrogens (tertiary/aromatic N) is 4. The molecule has 1 aromatic carbocycles. The monoisotopic (exact) mass is 396 g/mol. The molecule has 0 fully saturated rings. The van der Waals surface area contributed by atoms with E-state index in [2.05, 4.69) is 15.1 Å². The average Bonchev–Trinajstić information content (AvgIpc) is 3.37. The van der Waals surface area contributed by atoms with Crippen LogP contribution in [0.2, 0.25) is 0 Å². The minimum atomic E-state index is -0.365. The van der Waals surface area contributed by atoms with Gasteiger partial charge in [0.25, 0.3) is 5.56 Å². The number of carbonyl (C=O) groups excluding carboxylic acids is 1. The highest BCUT2D eigenvalue weighted by Gasteiger charge is 2.11. The molecule has 0 aliphatic carbocycles. The number of hydrogen-bond acceptors (Lipinski definition) is 8. The van der Waals surface area contributed by atoms with E-state index in [4.69, 9.17) is 9.26 Å². The molecule has 0 aliphatic heterocycles. The molecule has 3 heterocycles. The van der Waals surface area contributed by atoms with Crippen molar-refractivity contribution in [2.45, 2.75) is 25.9 Å². The van der Waals surface area contributed by atoms with Gasteiger partial charge in [-0.05, 0) is 6.42 Å². The minimum Gasteiger partial charge on any atom is -0.459 e. The Labute approximate surface area is 163 Å². The quantitative estimate of drug-likeness (QED) is 0.443. The molecule has 9 heteroatoms. The Kier molecular flexibility index (Phi) is 5.24. The summed E-state index contributed by atoms with van der Waals surface area (Å²) in [5.41, 5.74) is 1.12. The van der Waals surface area contributed by atoms with E-state index >= 15 is 0 Å². The zero-order valence-electron chi connectivity index (χ0n) is 14.8. The third-order valence-electron chi connectivity index (χ3n) is 4.01. The molecule has 0 unspecified atom stereocenters. The minimum absolute atomic E-state index is 0.0266. The van der Waals surface area contributed by atoms with Crippen LogP contribution in [0.5, 0.6) is 0 Å². The maximum atomic E-state index is 11.9. The first-order valence-electron chi connectivity index (χ1n) is 8.68. The lowest BCUT2D eigenvalue weighted by atomic mass is 10.2. The van der Waals surface area contributed by atoms with Crippen molar-refractivity contribution in [1.82, 2.24) is 19.5 Å². The Balaban J connectivity index is 1.25. The molecule has 0 saturated heterocycles. The molecule has 4 aromatic rings. The summed E-state index contributed by atoms with van der Waals surface area (Å²) in [7, 11) is 0. The maximum Gasteiger partial charge on any atom is 0.306 e. The molecule has 0 spiro atoms. The molecular formula is C19H16N4O4S. The number of benzene rings is 1. The largest absolute Gasteiger partial charge is 0.459 e. The summed E-state index contributed by atoms with van der Waals surface area (Å²) in [6.45, 7) is -0.0266. The van der Waals surface area contributed by atoms with Crippen molar-refractivity contribution < 1.29 is 14.1 Å². The first kappa shape index (κ1) is 18.1. The number of rotatable bonds is 7. The number of fused-ring (bicyclic) bond motifs is 1. The van der Waals surface area contributed by atoms with Crippen LogP contribution in [0, 0.1) is 0 Å². The van der Waals surface area contributed by atoms with Crippen LogP contribution in [0.25, 0.3) is 16.3 Å². The molecule has 0 aliphatic rings. The van der Waals surface area contributed by atoms with Gasteiger partial charge in [0.05, 0.1) is 5.69 Å². The summed E-state index contributed by atoms with van der Waals surface area (Å²) in [5, 5.41) is 5.73. The zero-order chi connectivity index (χ0) is 19.3. The van der Waals surface area contributed by atoms with Crippen LogP contribution in [-0.2, 0) is 22.6 Å². The first-order chi connectivity index (χ1) is 13.7. The van der Waals surface area contributed by atoms with E-state index in [1.807, 2.05) is 30.3 Å². The fraction of sp³-hybridized carbons (Fsp3) is 0.211. The van der Waals surface area contributed by atoms with Crippen LogP contribution in [-0.4, -0.2) is 25.5 Å². The van der Waals surface area contributed by atoms with E-state index in [1.54, 1.807) is 11.6 Å². The van der Waals surface area contributed by atoms with Gasteiger partial charge in [-0.2, -0.15) is 4.98 Å². The van der Waals surface area contributed by atoms with E-state index in [1.165, 1.54) is 21.8 Å². The topological polar surface area (TPSA) is 99.6 Å². The molecule has 8 nitrogen and oxygen atoms in total. The molecule has 0 N–H and O–H groups in total. The molecule has 0 saturated carbocycles. The molecule has 0 amide bonds. The Morgan fingerprint density at radius 3 is 2.93 bits per heavy atom. The van der Waals surface area contributed by atoms with Crippen molar-refractivity contribution in [1.29, 1.82) is 0 Å². The number of aryl methyl sites for hydroxylation is 1. The van der Waals surface area contributed by atoms with Crippen LogP contribution >= 0.6 is 11.3 Å². The maximum absolute atomic E-state index is 11.9. The Morgan fingerprint density at radius 1 is 1.21 bits per heavy atom. The number of hydrogen-bond donors (Lipinski definition) is 0. The van der Waals surface area contributed by atoms with Crippen molar-refractivity contribution in [2.75, 3.05) is 0 Å². The van der Waals surface area contributed by atoms with Crippen molar-refractivity contribution in [2.24, 2.45) is 0 Å². The van der Waals surface area contributed by atoms with Gasteiger partial charge in [-0.25, -0.2) is 4.98 Å². The highest BCUT2D eigenvalue weighted by molar-refractivity contribution is 7.15. The van der Waals surface area contributed by atoms with Crippen LogP contribution in [0.3, 0.4) is 0 Å². The second kappa shape index (κ2) is 8.13. The third-order valence-corrected chi connectivity index (χ3v) is 4.77. The second-order valence-electron chi connectivity index (χ2n) is 6.03. The lowest BCUT2D eigenvalue weighted by Crippen LogP contribution is -2.14. The van der Waals surface area contributed by atoms with Gasteiger partial charge in [0, 0.05) is 36.0 Å². The van der Waals surface area contributed by atoms with E-state index in [9.17, 15) is 9.59 Å². The van der Waals surface area contributed by atoms with E-state index in [0.29, 0.717) is 35.2 Å². The summed E-state index contributed by atoms with van der Waals surface area (Å²) in [5.74, 6) is 0.639. The van der Waals surface area contributed by atoms with E-state index in [0.717, 1.165) is 5.56 Å². The smallest absolute Gasteiger partial charge is 0.306 e. The van der Waals surface area contributed by atoms with Crippen molar-refractivity contribution in [3.8, 4) is 11.4 Å². The molecule has 142 valence electrons. The number of thiazole rings is 1. The predicted octanol–water partition coefficient (Wildman–Crippen LogP) is 2.87. The number of esters is 1. The van der Waals surface area contributed by atoms with Gasteiger partial charge in [-0.1, -0.05) is 35.5 Å². The van der Waals surface area contributed by atoms with Crippen LogP contribution in [0.15, 0.2) is 57.3 Å². The van der Waals surface area contributed by atoms with Gasteiger partial charge in [0.15, 0.2) is 4.96 Å². The van der Waals surface area contributed by atoms with Crippen LogP contribution in [0.4, 0.5) is 0 Å². The zero-order valence-corrected chi connectivity index (χ0v) is 15.6. The SMILES string of the molecule is O=C(CCCc1nc(-c2ccccc2)no1)OCc1cc(=O)n2ccsc2n1. The standard InChI is InChI=1S/C19H16N4O4S/c24-16-11-14(20-19-23(16)9-10-28-19)12-26-17(25)8-4-7-15-21-18(22-27-15)13-5-2-1-3-6-13/h1-3,5-6,9-11H,4,7-8,12H2. The van der Waals surface area contributed by atoms with Gasteiger partial charge in [0.1, 0.15) is 6.61 Å². The molecule has 0 radical (unpaired) electrons. The fourth-order valence-electron chi connectivity index (χ4n) is 2.63. The molecular weight excluding hydrogens is 380 g/mol. The average molecular weight is 396 g/mol. The Morgan fingerprint density at radius 2 is 2.07 bits per heavy atom. The molecule has 28 heavy (non-hydrogen) atoms.